The molecule has 4 rings (SSSR count). The van der Waals surface area contributed by atoms with Crippen LogP contribution in [0.3, 0.4) is 0 Å². The molecule has 0 unspecified atom stereocenters. The van der Waals surface area contributed by atoms with Gasteiger partial charge in [-0.05, 0) is 42.3 Å². The van der Waals surface area contributed by atoms with E-state index in [1.54, 1.807) is 63.5 Å². The average Bonchev–Trinajstić information content (AvgIpc) is 2.97. The van der Waals surface area contributed by atoms with Crippen LogP contribution in [-0.2, 0) is 10.0 Å². The Morgan fingerprint density at radius 3 is 2.56 bits per heavy atom. The fourth-order valence-electron chi connectivity index (χ4n) is 4.59. The molecule has 10 heteroatoms. The van der Waals surface area contributed by atoms with Gasteiger partial charge in [0.2, 0.25) is 10.0 Å². The van der Waals surface area contributed by atoms with Gasteiger partial charge in [-0.25, -0.2) is 13.2 Å². The Balaban J connectivity index is 1.64. The molecule has 9 nitrogen and oxygen atoms in total. The first-order valence-corrected chi connectivity index (χ1v) is 14.9. The summed E-state index contributed by atoms with van der Waals surface area (Å²) >= 11 is 0. The second kappa shape index (κ2) is 13.2. The number of amides is 2. The molecular formula is C31H37N3O6S. The maximum atomic E-state index is 13.7. The molecule has 2 N–H and O–H groups in total. The van der Waals surface area contributed by atoms with Crippen molar-refractivity contribution in [2.24, 2.45) is 5.92 Å². The van der Waals surface area contributed by atoms with Crippen molar-refractivity contribution in [3.63, 3.8) is 0 Å². The highest BCUT2D eigenvalue weighted by Gasteiger charge is 2.38. The highest BCUT2D eigenvalue weighted by molar-refractivity contribution is 7.89. The van der Waals surface area contributed by atoms with E-state index in [9.17, 15) is 18.3 Å². The number of rotatable bonds is 8. The minimum Gasteiger partial charge on any atom is -0.497 e. The third-order valence-electron chi connectivity index (χ3n) is 7.08. The molecule has 1 aliphatic heterocycles. The molecule has 0 spiro atoms. The Morgan fingerprint density at radius 2 is 1.85 bits per heavy atom. The first kappa shape index (κ1) is 30.1. The van der Waals surface area contributed by atoms with Gasteiger partial charge in [-0.15, -0.1) is 0 Å². The fraction of sp³-hybridized carbons (Fsp3) is 0.323. The molecule has 1 aliphatic rings. The Labute approximate surface area is 242 Å². The van der Waals surface area contributed by atoms with Crippen LogP contribution in [0.4, 0.5) is 10.5 Å². The van der Waals surface area contributed by atoms with E-state index in [1.807, 2.05) is 49.4 Å². The molecule has 1 heterocycles. The second-order valence-electron chi connectivity index (χ2n) is 10.2. The Morgan fingerprint density at radius 1 is 1.12 bits per heavy atom. The van der Waals surface area contributed by atoms with Gasteiger partial charge in [0, 0.05) is 37.3 Å². The van der Waals surface area contributed by atoms with Gasteiger partial charge in [-0.1, -0.05) is 61.5 Å². The van der Waals surface area contributed by atoms with Crippen LogP contribution in [0.1, 0.15) is 25.0 Å². The molecule has 0 aromatic heterocycles. The van der Waals surface area contributed by atoms with Crippen molar-refractivity contribution in [1.82, 2.24) is 9.21 Å². The molecule has 0 fully saturated rings. The van der Waals surface area contributed by atoms with E-state index in [0.29, 0.717) is 11.4 Å². The van der Waals surface area contributed by atoms with Crippen molar-refractivity contribution in [3.05, 3.63) is 83.9 Å². The highest BCUT2D eigenvalue weighted by Crippen LogP contribution is 2.34. The van der Waals surface area contributed by atoms with Crippen molar-refractivity contribution in [2.45, 2.75) is 30.9 Å². The molecule has 3 aromatic carbocycles. The number of carbonyl (C=O) groups excluding carboxylic acids is 1. The molecule has 2 amide bonds. The van der Waals surface area contributed by atoms with Crippen LogP contribution in [0.25, 0.3) is 12.2 Å². The van der Waals surface area contributed by atoms with E-state index in [2.05, 4.69) is 5.32 Å². The number of hydrogen-bond donors (Lipinski definition) is 2. The number of sulfonamides is 1. The van der Waals surface area contributed by atoms with Gasteiger partial charge in [0.1, 0.15) is 22.5 Å². The quantitative estimate of drug-likeness (QED) is 0.371. The van der Waals surface area contributed by atoms with Gasteiger partial charge in [-0.3, -0.25) is 0 Å². The second-order valence-corrected chi connectivity index (χ2v) is 12.1. The van der Waals surface area contributed by atoms with Gasteiger partial charge in [0.05, 0.1) is 20.3 Å². The number of methoxy groups -OCH3 is 1. The van der Waals surface area contributed by atoms with Crippen LogP contribution in [0.15, 0.2) is 77.7 Å². The first-order valence-electron chi connectivity index (χ1n) is 13.4. The smallest absolute Gasteiger partial charge is 0.321 e. The summed E-state index contributed by atoms with van der Waals surface area (Å²) < 4.78 is 40.4. The number of likely N-dealkylation sites (N-methyl/N-ethyl adjacent to an activating group) is 1. The largest absolute Gasteiger partial charge is 0.497 e. The lowest BCUT2D eigenvalue weighted by Crippen LogP contribution is -2.50. The van der Waals surface area contributed by atoms with Crippen LogP contribution >= 0.6 is 0 Å². The predicted molar refractivity (Wildman–Crippen MR) is 160 cm³/mol. The molecule has 3 atom stereocenters. The molecule has 0 saturated heterocycles. The summed E-state index contributed by atoms with van der Waals surface area (Å²) in [5.74, 6) is 0.520. The lowest BCUT2D eigenvalue weighted by Gasteiger charge is -2.37. The predicted octanol–water partition coefficient (Wildman–Crippen LogP) is 4.80. The average molecular weight is 580 g/mol. The Bertz CT molecular complexity index is 1480. The number of nitrogens with zero attached hydrogens (tertiary/aromatic N) is 2. The molecular weight excluding hydrogens is 542 g/mol. The maximum Gasteiger partial charge on any atom is 0.321 e. The molecule has 218 valence electrons. The number of urea groups is 1. The number of hydrogen-bond acceptors (Lipinski definition) is 6. The van der Waals surface area contributed by atoms with Crippen LogP contribution in [0.5, 0.6) is 11.5 Å². The number of fused-ring (bicyclic) bond motifs is 1. The summed E-state index contributed by atoms with van der Waals surface area (Å²) in [5.41, 5.74) is 2.36. The topological polar surface area (TPSA) is 108 Å². The summed E-state index contributed by atoms with van der Waals surface area (Å²) in [4.78, 5) is 14.6. The molecule has 0 bridgehead atoms. The molecule has 0 aliphatic carbocycles. The number of aliphatic hydroxyl groups excluding tert-OH is 1. The number of nitrogens with one attached hydrogen (secondary N) is 1. The molecule has 0 radical (unpaired) electrons. The third kappa shape index (κ3) is 7.27. The first-order chi connectivity index (χ1) is 19.6. The number of ether oxygens (including phenoxy) is 2. The van der Waals surface area contributed by atoms with E-state index in [0.717, 1.165) is 11.1 Å². The van der Waals surface area contributed by atoms with E-state index in [4.69, 9.17) is 9.47 Å². The van der Waals surface area contributed by atoms with Crippen LogP contribution in [0.2, 0.25) is 0 Å². The fourth-order valence-corrected chi connectivity index (χ4v) is 6.42. The summed E-state index contributed by atoms with van der Waals surface area (Å²) in [6.45, 7) is 3.55. The number of anilines is 1. The van der Waals surface area contributed by atoms with Crippen LogP contribution < -0.4 is 14.8 Å². The highest BCUT2D eigenvalue weighted by atomic mass is 32.2. The van der Waals surface area contributed by atoms with Gasteiger partial charge >= 0.3 is 6.03 Å². The summed E-state index contributed by atoms with van der Waals surface area (Å²) in [6, 6.07) is 20.8. The molecule has 3 aromatic rings. The monoisotopic (exact) mass is 579 g/mol. The van der Waals surface area contributed by atoms with Crippen molar-refractivity contribution in [1.29, 1.82) is 0 Å². The van der Waals surface area contributed by atoms with Gasteiger partial charge in [-0.2, -0.15) is 4.31 Å². The number of benzene rings is 3. The lowest BCUT2D eigenvalue weighted by molar-refractivity contribution is 0.0830. The zero-order chi connectivity index (χ0) is 29.6. The number of aliphatic hydroxyl groups is 1. The number of carbonyl (C=O) groups is 1. The zero-order valence-corrected chi connectivity index (χ0v) is 24.5. The van der Waals surface area contributed by atoms with Crippen molar-refractivity contribution in [3.8, 4) is 11.5 Å². The maximum absolute atomic E-state index is 13.7. The van der Waals surface area contributed by atoms with Gasteiger partial charge < -0.3 is 24.8 Å². The summed E-state index contributed by atoms with van der Waals surface area (Å²) in [7, 11) is -0.747. The normalized spacial score (nSPS) is 19.3. The molecule has 41 heavy (non-hydrogen) atoms. The SMILES string of the molecule is COc1cccc(NC(=O)N(C)C[C@H]2Oc3cc(/C=C/c4ccccc4)ccc3S(=O)(=O)N([C@@H](C)CO)C[C@H]2C)c1. The van der Waals surface area contributed by atoms with Crippen molar-refractivity contribution >= 4 is 33.9 Å². The standard InChI is InChI=1S/C31H37N3O6S/c1-22-19-34(23(2)21-35)41(37,38)30-16-15-25(14-13-24-9-6-5-7-10-24)17-28(30)40-29(22)20-33(3)31(36)32-26-11-8-12-27(18-26)39-4/h5-18,22-23,29,35H,19-21H2,1-4H3,(H,32,36)/b14-13+/t22-,23+,29-/m1/s1. The van der Waals surface area contributed by atoms with Crippen LogP contribution in [-0.4, -0.2) is 74.8 Å². The summed E-state index contributed by atoms with van der Waals surface area (Å²) in [5, 5.41) is 12.7. The van der Waals surface area contributed by atoms with Gasteiger partial charge in [0.15, 0.2) is 0 Å². The Kier molecular flexibility index (Phi) is 9.69. The van der Waals surface area contributed by atoms with Crippen LogP contribution in [0, 0.1) is 5.92 Å². The van der Waals surface area contributed by atoms with E-state index in [1.165, 1.54) is 9.21 Å². The van der Waals surface area contributed by atoms with Gasteiger partial charge in [0.25, 0.3) is 0 Å². The zero-order valence-electron chi connectivity index (χ0n) is 23.7. The Hall–Kier alpha value is -3.86. The van der Waals surface area contributed by atoms with E-state index >= 15 is 0 Å². The van der Waals surface area contributed by atoms with E-state index < -0.39 is 22.2 Å². The minimum absolute atomic E-state index is 0.0232. The van der Waals surface area contributed by atoms with Crippen molar-refractivity contribution in [2.75, 3.05) is 39.2 Å². The van der Waals surface area contributed by atoms with E-state index in [-0.39, 0.29) is 42.3 Å². The lowest BCUT2D eigenvalue weighted by atomic mass is 10.0. The third-order valence-corrected chi connectivity index (χ3v) is 9.10. The molecule has 0 saturated carbocycles. The minimum atomic E-state index is -3.97. The summed E-state index contributed by atoms with van der Waals surface area (Å²) in [6.07, 6.45) is 3.30. The van der Waals surface area contributed by atoms with Crippen molar-refractivity contribution < 1.29 is 27.8 Å².